The number of thioether (sulfide) groups is 1. The van der Waals surface area contributed by atoms with E-state index < -0.39 is 0 Å². The van der Waals surface area contributed by atoms with Crippen LogP contribution in [0.4, 0.5) is 0 Å². The average molecular weight is 270 g/mol. The van der Waals surface area contributed by atoms with E-state index in [0.29, 0.717) is 23.5 Å². The van der Waals surface area contributed by atoms with Crippen molar-refractivity contribution in [3.8, 4) is 0 Å². The van der Waals surface area contributed by atoms with Crippen molar-refractivity contribution < 1.29 is 4.79 Å². The second-order valence-electron chi connectivity index (χ2n) is 4.17. The summed E-state index contributed by atoms with van der Waals surface area (Å²) >= 11 is 1.38. The predicted octanol–water partition coefficient (Wildman–Crippen LogP) is -0.347. The van der Waals surface area contributed by atoms with Crippen LogP contribution in [0.1, 0.15) is 19.8 Å². The maximum absolute atomic E-state index is 11.5. The van der Waals surface area contributed by atoms with Crippen LogP contribution in [0.3, 0.4) is 0 Å². The van der Waals surface area contributed by atoms with E-state index in [9.17, 15) is 4.79 Å². The Morgan fingerprint density at radius 3 is 3.11 bits per heavy atom. The van der Waals surface area contributed by atoms with Crippen LogP contribution in [0.25, 0.3) is 0 Å². The average Bonchev–Trinajstić information content (AvgIpc) is 3.05. The molecule has 8 heteroatoms. The molecule has 1 fully saturated rings. The number of carbonyl (C=O) groups excluding carboxylic acids is 1. The molecule has 0 saturated heterocycles. The van der Waals surface area contributed by atoms with E-state index >= 15 is 0 Å². The number of tetrazole rings is 1. The molecule has 18 heavy (non-hydrogen) atoms. The van der Waals surface area contributed by atoms with Gasteiger partial charge in [0.15, 0.2) is 0 Å². The maximum Gasteiger partial charge on any atom is 0.230 e. The van der Waals surface area contributed by atoms with Crippen molar-refractivity contribution >= 4 is 17.7 Å². The fourth-order valence-electron chi connectivity index (χ4n) is 1.43. The Morgan fingerprint density at radius 1 is 1.56 bits per heavy atom. The molecule has 1 aromatic heterocycles. The van der Waals surface area contributed by atoms with Gasteiger partial charge in [-0.05, 0) is 29.8 Å². The molecule has 0 atom stereocenters. The predicted molar refractivity (Wildman–Crippen MR) is 68.2 cm³/mol. The number of rotatable bonds is 8. The van der Waals surface area contributed by atoms with E-state index in [4.69, 9.17) is 0 Å². The molecule has 100 valence electrons. The topological polar surface area (TPSA) is 84.7 Å². The monoisotopic (exact) mass is 270 g/mol. The highest BCUT2D eigenvalue weighted by Crippen LogP contribution is 2.19. The van der Waals surface area contributed by atoms with Gasteiger partial charge >= 0.3 is 0 Å². The lowest BCUT2D eigenvalue weighted by molar-refractivity contribution is -0.118. The summed E-state index contributed by atoms with van der Waals surface area (Å²) in [5.74, 6) is 0.432. The van der Waals surface area contributed by atoms with E-state index in [1.54, 1.807) is 4.68 Å². The van der Waals surface area contributed by atoms with Crippen LogP contribution in [0.2, 0.25) is 0 Å². The number of amides is 1. The minimum Gasteiger partial charge on any atom is -0.353 e. The van der Waals surface area contributed by atoms with Crippen LogP contribution in [0.15, 0.2) is 5.16 Å². The highest BCUT2D eigenvalue weighted by molar-refractivity contribution is 7.99. The molecule has 0 spiro atoms. The first-order valence-corrected chi connectivity index (χ1v) is 7.17. The molecule has 1 saturated carbocycles. The van der Waals surface area contributed by atoms with Gasteiger partial charge in [-0.3, -0.25) is 4.79 Å². The summed E-state index contributed by atoms with van der Waals surface area (Å²) in [4.78, 5) is 11.5. The van der Waals surface area contributed by atoms with Gasteiger partial charge in [-0.2, -0.15) is 0 Å². The van der Waals surface area contributed by atoms with Crippen molar-refractivity contribution in [2.24, 2.45) is 0 Å². The minimum atomic E-state index is 0.0590. The Morgan fingerprint density at radius 2 is 2.39 bits per heavy atom. The summed E-state index contributed by atoms with van der Waals surface area (Å²) in [6.07, 6.45) is 2.22. The van der Waals surface area contributed by atoms with Gasteiger partial charge in [-0.15, -0.1) is 5.10 Å². The lowest BCUT2D eigenvalue weighted by atomic mass is 10.6. The Balaban J connectivity index is 1.73. The molecule has 7 nitrogen and oxygen atoms in total. The van der Waals surface area contributed by atoms with E-state index in [2.05, 4.69) is 33.1 Å². The first-order chi connectivity index (χ1) is 8.79. The molecular formula is C10H18N6OS. The molecule has 0 radical (unpaired) electrons. The van der Waals surface area contributed by atoms with Crippen molar-refractivity contribution in [3.63, 3.8) is 0 Å². The molecule has 0 aromatic carbocycles. The Labute approximate surface area is 110 Å². The summed E-state index contributed by atoms with van der Waals surface area (Å²) in [6, 6.07) is 0.405. The highest BCUT2D eigenvalue weighted by atomic mass is 32.2. The summed E-state index contributed by atoms with van der Waals surface area (Å²) in [5, 5.41) is 18.3. The van der Waals surface area contributed by atoms with E-state index in [-0.39, 0.29) is 5.91 Å². The minimum absolute atomic E-state index is 0.0590. The molecule has 2 N–H and O–H groups in total. The fraction of sp³-hybridized carbons (Fsp3) is 0.800. The van der Waals surface area contributed by atoms with Crippen molar-refractivity contribution in [1.29, 1.82) is 0 Å². The second-order valence-corrected chi connectivity index (χ2v) is 5.11. The third-order valence-corrected chi connectivity index (χ3v) is 3.48. The zero-order valence-electron chi connectivity index (χ0n) is 10.4. The van der Waals surface area contributed by atoms with E-state index in [0.717, 1.165) is 25.9 Å². The smallest absolute Gasteiger partial charge is 0.230 e. The van der Waals surface area contributed by atoms with Crippen LogP contribution in [0.5, 0.6) is 0 Å². The van der Waals surface area contributed by atoms with Gasteiger partial charge < -0.3 is 10.6 Å². The van der Waals surface area contributed by atoms with Gasteiger partial charge in [-0.1, -0.05) is 18.7 Å². The van der Waals surface area contributed by atoms with Crippen molar-refractivity contribution in [2.75, 3.05) is 18.8 Å². The Hall–Kier alpha value is -1.15. The van der Waals surface area contributed by atoms with Crippen molar-refractivity contribution in [1.82, 2.24) is 30.8 Å². The lowest BCUT2D eigenvalue weighted by Crippen LogP contribution is -2.27. The van der Waals surface area contributed by atoms with Crippen LogP contribution < -0.4 is 10.6 Å². The van der Waals surface area contributed by atoms with Crippen LogP contribution in [-0.4, -0.2) is 51.0 Å². The molecule has 1 aliphatic rings. The second kappa shape index (κ2) is 6.69. The van der Waals surface area contributed by atoms with Crippen LogP contribution >= 0.6 is 11.8 Å². The maximum atomic E-state index is 11.5. The fourth-order valence-corrected chi connectivity index (χ4v) is 2.14. The van der Waals surface area contributed by atoms with Gasteiger partial charge in [0, 0.05) is 12.6 Å². The van der Waals surface area contributed by atoms with Gasteiger partial charge in [0.2, 0.25) is 11.1 Å². The van der Waals surface area contributed by atoms with E-state index in [1.807, 2.05) is 0 Å². The zero-order chi connectivity index (χ0) is 12.8. The number of hydrogen-bond acceptors (Lipinski definition) is 6. The SMILES string of the molecule is CCNCCn1nnnc1SCC(=O)NC1CC1. The summed E-state index contributed by atoms with van der Waals surface area (Å²) in [7, 11) is 0. The molecular weight excluding hydrogens is 252 g/mol. The third kappa shape index (κ3) is 4.26. The molecule has 1 heterocycles. The Bertz CT molecular complexity index is 391. The summed E-state index contributed by atoms with van der Waals surface area (Å²) < 4.78 is 1.72. The van der Waals surface area contributed by atoms with E-state index in [1.165, 1.54) is 11.8 Å². The molecule has 0 aliphatic heterocycles. The molecule has 1 aromatic rings. The number of nitrogens with one attached hydrogen (secondary N) is 2. The number of carbonyl (C=O) groups is 1. The molecule has 2 rings (SSSR count). The number of aromatic nitrogens is 4. The molecule has 1 amide bonds. The van der Waals surface area contributed by atoms with Gasteiger partial charge in [-0.25, -0.2) is 4.68 Å². The zero-order valence-corrected chi connectivity index (χ0v) is 11.2. The number of likely N-dealkylation sites (N-methyl/N-ethyl adjacent to an activating group) is 1. The molecule has 0 unspecified atom stereocenters. The number of nitrogens with zero attached hydrogens (tertiary/aromatic N) is 4. The molecule has 0 bridgehead atoms. The standard InChI is InChI=1S/C10H18N6OS/c1-2-11-5-6-16-10(13-14-15-16)18-7-9(17)12-8-3-4-8/h8,11H,2-7H2,1H3,(H,12,17). The van der Waals surface area contributed by atoms with Crippen LogP contribution in [-0.2, 0) is 11.3 Å². The summed E-state index contributed by atoms with van der Waals surface area (Å²) in [6.45, 7) is 4.52. The first-order valence-electron chi connectivity index (χ1n) is 6.18. The van der Waals surface area contributed by atoms with Gasteiger partial charge in [0.1, 0.15) is 0 Å². The van der Waals surface area contributed by atoms with Gasteiger partial charge in [0.25, 0.3) is 0 Å². The lowest BCUT2D eigenvalue weighted by Gasteiger charge is -2.05. The van der Waals surface area contributed by atoms with Crippen LogP contribution in [0, 0.1) is 0 Å². The summed E-state index contributed by atoms with van der Waals surface area (Å²) in [5.41, 5.74) is 0. The normalized spacial score (nSPS) is 14.7. The van der Waals surface area contributed by atoms with Crippen molar-refractivity contribution in [3.05, 3.63) is 0 Å². The highest BCUT2D eigenvalue weighted by Gasteiger charge is 2.23. The quantitative estimate of drug-likeness (QED) is 0.496. The van der Waals surface area contributed by atoms with Gasteiger partial charge in [0.05, 0.1) is 12.3 Å². The Kier molecular flexibility index (Phi) is 4.94. The largest absolute Gasteiger partial charge is 0.353 e. The number of hydrogen-bond donors (Lipinski definition) is 2. The first kappa shape index (κ1) is 13.3. The molecule has 1 aliphatic carbocycles. The van der Waals surface area contributed by atoms with Crippen molar-refractivity contribution in [2.45, 2.75) is 37.5 Å². The third-order valence-electron chi connectivity index (χ3n) is 2.52.